The average Bonchev–Trinajstić information content (AvgIpc) is 2.66. The zero-order valence-corrected chi connectivity index (χ0v) is 17.5. The van der Waals surface area contributed by atoms with Crippen LogP contribution in [0.2, 0.25) is 0 Å². The van der Waals surface area contributed by atoms with Crippen LogP contribution in [0.5, 0.6) is 0 Å². The zero-order valence-electron chi connectivity index (χ0n) is 15.9. The molecule has 28 heavy (non-hydrogen) atoms. The normalized spacial score (nSPS) is 14.5. The standard InChI is InChI=1S/C22H21BrN2O3/c1-14-9-15(2)11-18(10-14)24-5-7-25(8-6-24)21(26)19-13-16-12-17(23)3-4-20(16)28-22(19)27/h3-4,9-13H,5-8H2,1-2H3. The minimum Gasteiger partial charge on any atom is -0.422 e. The lowest BCUT2D eigenvalue weighted by atomic mass is 10.1. The van der Waals surface area contributed by atoms with Crippen LogP contribution in [0.4, 0.5) is 5.69 Å². The van der Waals surface area contributed by atoms with Crippen molar-refractivity contribution >= 4 is 38.5 Å². The zero-order chi connectivity index (χ0) is 19.8. The van der Waals surface area contributed by atoms with Crippen molar-refractivity contribution in [1.29, 1.82) is 0 Å². The highest BCUT2D eigenvalue weighted by atomic mass is 79.9. The van der Waals surface area contributed by atoms with Gasteiger partial charge >= 0.3 is 5.63 Å². The molecule has 0 N–H and O–H groups in total. The average molecular weight is 441 g/mol. The van der Waals surface area contributed by atoms with Gasteiger partial charge in [0.2, 0.25) is 0 Å². The fraction of sp³-hybridized carbons (Fsp3) is 0.273. The Kier molecular flexibility index (Phi) is 4.98. The van der Waals surface area contributed by atoms with Gasteiger partial charge in [0.15, 0.2) is 0 Å². The van der Waals surface area contributed by atoms with Crippen molar-refractivity contribution in [3.05, 3.63) is 74.0 Å². The number of nitrogens with zero attached hydrogens (tertiary/aromatic N) is 2. The third-order valence-corrected chi connectivity index (χ3v) is 5.56. The summed E-state index contributed by atoms with van der Waals surface area (Å²) in [4.78, 5) is 29.3. The lowest BCUT2D eigenvalue weighted by Crippen LogP contribution is -2.49. The van der Waals surface area contributed by atoms with Crippen LogP contribution < -0.4 is 10.5 Å². The number of halogens is 1. The first-order chi connectivity index (χ1) is 13.4. The molecule has 2 aromatic carbocycles. The van der Waals surface area contributed by atoms with Crippen LogP contribution in [0.25, 0.3) is 11.0 Å². The summed E-state index contributed by atoms with van der Waals surface area (Å²) >= 11 is 3.41. The van der Waals surface area contributed by atoms with Gasteiger partial charge in [-0.05, 0) is 61.4 Å². The van der Waals surface area contributed by atoms with Gasteiger partial charge in [0, 0.05) is 41.7 Å². The fourth-order valence-electron chi connectivity index (χ4n) is 3.71. The molecule has 144 valence electrons. The van der Waals surface area contributed by atoms with Crippen LogP contribution in [0.1, 0.15) is 21.5 Å². The molecule has 0 aliphatic carbocycles. The monoisotopic (exact) mass is 440 g/mol. The van der Waals surface area contributed by atoms with Gasteiger partial charge in [-0.25, -0.2) is 4.79 Å². The summed E-state index contributed by atoms with van der Waals surface area (Å²) in [6.45, 7) is 6.79. The van der Waals surface area contributed by atoms with E-state index in [0.29, 0.717) is 18.7 Å². The Bertz CT molecular complexity index is 1090. The summed E-state index contributed by atoms with van der Waals surface area (Å²) in [7, 11) is 0. The number of carbonyl (C=O) groups excluding carboxylic acids is 1. The molecule has 1 saturated heterocycles. The number of rotatable bonds is 2. The van der Waals surface area contributed by atoms with E-state index in [1.807, 2.05) is 6.07 Å². The van der Waals surface area contributed by atoms with Crippen molar-refractivity contribution in [2.45, 2.75) is 13.8 Å². The lowest BCUT2D eigenvalue weighted by molar-refractivity contribution is 0.0742. The summed E-state index contributed by atoms with van der Waals surface area (Å²) in [5, 5.41) is 0.728. The summed E-state index contributed by atoms with van der Waals surface area (Å²) in [5.41, 5.74) is 3.62. The predicted octanol–water partition coefficient (Wildman–Crippen LogP) is 4.13. The van der Waals surface area contributed by atoms with E-state index in [9.17, 15) is 9.59 Å². The Morgan fingerprint density at radius 2 is 1.64 bits per heavy atom. The first-order valence-corrected chi connectivity index (χ1v) is 10.1. The number of fused-ring (bicyclic) bond motifs is 1. The number of benzene rings is 2. The molecule has 0 atom stereocenters. The van der Waals surface area contributed by atoms with Crippen LogP contribution in [-0.2, 0) is 0 Å². The molecular weight excluding hydrogens is 420 g/mol. The number of piperazine rings is 1. The molecular formula is C22H21BrN2O3. The fourth-order valence-corrected chi connectivity index (χ4v) is 4.09. The molecule has 0 bridgehead atoms. The van der Waals surface area contributed by atoms with Gasteiger partial charge in [-0.2, -0.15) is 0 Å². The number of hydrogen-bond donors (Lipinski definition) is 0. The van der Waals surface area contributed by atoms with Crippen LogP contribution in [-0.4, -0.2) is 37.0 Å². The maximum atomic E-state index is 12.9. The smallest absolute Gasteiger partial charge is 0.349 e. The van der Waals surface area contributed by atoms with E-state index < -0.39 is 5.63 Å². The maximum absolute atomic E-state index is 12.9. The molecule has 0 unspecified atom stereocenters. The minimum absolute atomic E-state index is 0.0884. The predicted molar refractivity (Wildman–Crippen MR) is 114 cm³/mol. The van der Waals surface area contributed by atoms with Crippen LogP contribution in [0.15, 0.2) is 56.1 Å². The molecule has 1 fully saturated rings. The first-order valence-electron chi connectivity index (χ1n) is 9.27. The van der Waals surface area contributed by atoms with E-state index in [2.05, 4.69) is 52.9 Å². The second kappa shape index (κ2) is 7.43. The van der Waals surface area contributed by atoms with Crippen LogP contribution in [0.3, 0.4) is 0 Å². The summed E-state index contributed by atoms with van der Waals surface area (Å²) < 4.78 is 6.21. The molecule has 0 spiro atoms. The van der Waals surface area contributed by atoms with E-state index >= 15 is 0 Å². The molecule has 1 aliphatic rings. The molecule has 0 radical (unpaired) electrons. The molecule has 3 aromatic rings. The quantitative estimate of drug-likeness (QED) is 0.562. The van der Waals surface area contributed by atoms with Crippen molar-refractivity contribution in [1.82, 2.24) is 4.90 Å². The second-order valence-corrected chi connectivity index (χ2v) is 8.17. The van der Waals surface area contributed by atoms with Gasteiger partial charge in [-0.1, -0.05) is 22.0 Å². The van der Waals surface area contributed by atoms with Gasteiger partial charge < -0.3 is 14.2 Å². The Balaban J connectivity index is 1.53. The molecule has 1 aliphatic heterocycles. The lowest BCUT2D eigenvalue weighted by Gasteiger charge is -2.36. The van der Waals surface area contributed by atoms with Crippen molar-refractivity contribution in [2.24, 2.45) is 0 Å². The number of aryl methyl sites for hydroxylation is 2. The van der Waals surface area contributed by atoms with E-state index in [1.54, 1.807) is 23.1 Å². The first kappa shape index (κ1) is 18.7. The third kappa shape index (κ3) is 3.69. The van der Waals surface area contributed by atoms with Crippen molar-refractivity contribution in [3.63, 3.8) is 0 Å². The largest absolute Gasteiger partial charge is 0.422 e. The van der Waals surface area contributed by atoms with Gasteiger partial charge in [0.05, 0.1) is 0 Å². The van der Waals surface area contributed by atoms with E-state index in [4.69, 9.17) is 4.42 Å². The van der Waals surface area contributed by atoms with Crippen molar-refractivity contribution in [2.75, 3.05) is 31.1 Å². The molecule has 6 heteroatoms. The molecule has 0 saturated carbocycles. The minimum atomic E-state index is -0.587. The molecule has 5 nitrogen and oxygen atoms in total. The Labute approximate surface area is 171 Å². The van der Waals surface area contributed by atoms with Crippen molar-refractivity contribution < 1.29 is 9.21 Å². The molecule has 2 heterocycles. The highest BCUT2D eigenvalue weighted by Gasteiger charge is 2.25. The van der Waals surface area contributed by atoms with Gasteiger partial charge in [0.1, 0.15) is 11.1 Å². The second-order valence-electron chi connectivity index (χ2n) is 7.25. The van der Waals surface area contributed by atoms with Crippen LogP contribution in [0, 0.1) is 13.8 Å². The van der Waals surface area contributed by atoms with E-state index in [-0.39, 0.29) is 11.5 Å². The summed E-state index contributed by atoms with van der Waals surface area (Å²) in [6.07, 6.45) is 0. The highest BCUT2D eigenvalue weighted by Crippen LogP contribution is 2.22. The number of carbonyl (C=O) groups is 1. The van der Waals surface area contributed by atoms with Crippen molar-refractivity contribution in [3.8, 4) is 0 Å². The highest BCUT2D eigenvalue weighted by molar-refractivity contribution is 9.10. The summed E-state index contributed by atoms with van der Waals surface area (Å²) in [6, 6.07) is 13.5. The Hall–Kier alpha value is -2.60. The van der Waals surface area contributed by atoms with Gasteiger partial charge in [-0.15, -0.1) is 0 Å². The molecule has 4 rings (SSSR count). The molecule has 1 aromatic heterocycles. The Morgan fingerprint density at radius 3 is 2.32 bits per heavy atom. The van der Waals surface area contributed by atoms with Gasteiger partial charge in [-0.3, -0.25) is 4.79 Å². The molecule has 1 amide bonds. The summed E-state index contributed by atoms with van der Waals surface area (Å²) in [5.74, 6) is -0.268. The van der Waals surface area contributed by atoms with Crippen LogP contribution >= 0.6 is 15.9 Å². The Morgan fingerprint density at radius 1 is 0.964 bits per heavy atom. The third-order valence-electron chi connectivity index (χ3n) is 5.06. The number of hydrogen-bond acceptors (Lipinski definition) is 4. The maximum Gasteiger partial charge on any atom is 0.349 e. The topological polar surface area (TPSA) is 53.8 Å². The number of anilines is 1. The SMILES string of the molecule is Cc1cc(C)cc(N2CCN(C(=O)c3cc4cc(Br)ccc4oc3=O)CC2)c1. The van der Waals surface area contributed by atoms with E-state index in [0.717, 1.165) is 22.9 Å². The van der Waals surface area contributed by atoms with Gasteiger partial charge in [0.25, 0.3) is 5.91 Å². The number of amides is 1. The van der Waals surface area contributed by atoms with E-state index in [1.165, 1.54) is 16.8 Å².